The van der Waals surface area contributed by atoms with E-state index >= 15 is 0 Å². The normalized spacial score (nSPS) is 14.7. The Labute approximate surface area is 184 Å². The molecule has 1 fully saturated rings. The maximum atomic E-state index is 12.9. The van der Waals surface area contributed by atoms with E-state index in [2.05, 4.69) is 27.2 Å². The monoisotopic (exact) mass is 488 g/mol. The quantitative estimate of drug-likeness (QED) is 0.485. The molecule has 1 heterocycles. The van der Waals surface area contributed by atoms with Crippen LogP contribution in [0.25, 0.3) is 6.08 Å². The number of rotatable bonds is 6. The molecule has 0 aliphatic carbocycles. The second-order valence-electron chi connectivity index (χ2n) is 6.01. The summed E-state index contributed by atoms with van der Waals surface area (Å²) in [5.74, 6) is 1.47. The summed E-state index contributed by atoms with van der Waals surface area (Å²) in [5, 5.41) is 2.19. The summed E-state index contributed by atoms with van der Waals surface area (Å²) in [6.45, 7) is -0.321. The molecular weight excluding hydrogens is 475 g/mol. The summed E-state index contributed by atoms with van der Waals surface area (Å²) in [4.78, 5) is 37.3. The maximum absolute atomic E-state index is 12.9. The number of thioether (sulfide) groups is 1. The molecule has 9 heteroatoms. The van der Waals surface area contributed by atoms with Gasteiger partial charge in [0.1, 0.15) is 11.6 Å². The molecule has 1 aliphatic heterocycles. The van der Waals surface area contributed by atoms with Gasteiger partial charge in [-0.1, -0.05) is 12.0 Å². The lowest BCUT2D eigenvalue weighted by Crippen LogP contribution is -2.28. The Hall–Kier alpha value is -3.09. The van der Waals surface area contributed by atoms with Crippen LogP contribution in [-0.2, 0) is 9.59 Å². The predicted octanol–water partition coefficient (Wildman–Crippen LogP) is 4.28. The van der Waals surface area contributed by atoms with Gasteiger partial charge in [-0.25, -0.2) is 4.39 Å². The lowest BCUT2D eigenvalue weighted by atomic mass is 10.2. The van der Waals surface area contributed by atoms with Crippen molar-refractivity contribution in [3.05, 3.63) is 63.2 Å². The number of imide groups is 1. The van der Waals surface area contributed by atoms with Crippen LogP contribution in [0, 0.1) is 18.2 Å². The Kier molecular flexibility index (Phi) is 6.92. The fourth-order valence-electron chi connectivity index (χ4n) is 2.48. The molecule has 2 aromatic carbocycles. The van der Waals surface area contributed by atoms with Crippen molar-refractivity contribution >= 4 is 56.5 Å². The molecule has 2 aromatic rings. The third kappa shape index (κ3) is 5.28. The number of halogens is 2. The number of anilines is 1. The number of nitrogens with zero attached hydrogens (tertiary/aromatic N) is 1. The number of amides is 3. The summed E-state index contributed by atoms with van der Waals surface area (Å²) in [6.07, 6.45) is 6.76. The van der Waals surface area contributed by atoms with E-state index < -0.39 is 22.9 Å². The molecule has 0 bridgehead atoms. The number of hydrogen-bond donors (Lipinski definition) is 1. The molecule has 3 rings (SSSR count). The first-order chi connectivity index (χ1) is 14.4. The first kappa shape index (κ1) is 21.6. The van der Waals surface area contributed by atoms with Crippen molar-refractivity contribution in [2.75, 3.05) is 18.5 Å². The first-order valence-electron chi connectivity index (χ1n) is 8.54. The molecule has 0 saturated carbocycles. The molecule has 6 nitrogen and oxygen atoms in total. The molecule has 0 aromatic heterocycles. The minimum atomic E-state index is -0.433. The molecule has 0 atom stereocenters. The lowest BCUT2D eigenvalue weighted by molar-refractivity contribution is -0.122. The van der Waals surface area contributed by atoms with E-state index in [4.69, 9.17) is 11.2 Å². The van der Waals surface area contributed by atoms with Crippen LogP contribution in [0.3, 0.4) is 0 Å². The highest BCUT2D eigenvalue weighted by molar-refractivity contribution is 9.10. The molecule has 0 unspecified atom stereocenters. The molecule has 1 N–H and O–H groups in total. The SMILES string of the molecule is C#CCN1C(=O)SC(=Cc2ccc(OCC(=O)Nc3ccc(F)cc3)c(Br)c2)C1=O. The summed E-state index contributed by atoms with van der Waals surface area (Å²) >= 11 is 4.18. The average Bonchev–Trinajstić information content (AvgIpc) is 2.97. The lowest BCUT2D eigenvalue weighted by Gasteiger charge is -2.10. The Morgan fingerprint density at radius 3 is 2.67 bits per heavy atom. The Morgan fingerprint density at radius 2 is 2.00 bits per heavy atom. The summed E-state index contributed by atoms with van der Waals surface area (Å²) in [6, 6.07) is 10.4. The molecule has 0 spiro atoms. The third-order valence-electron chi connectivity index (χ3n) is 3.86. The highest BCUT2D eigenvalue weighted by Crippen LogP contribution is 2.33. The van der Waals surface area contributed by atoms with Gasteiger partial charge in [0.25, 0.3) is 17.1 Å². The number of benzene rings is 2. The van der Waals surface area contributed by atoms with E-state index in [9.17, 15) is 18.8 Å². The van der Waals surface area contributed by atoms with Crippen molar-refractivity contribution in [1.82, 2.24) is 4.90 Å². The molecule has 1 aliphatic rings. The van der Waals surface area contributed by atoms with Crippen LogP contribution in [-0.4, -0.2) is 35.1 Å². The van der Waals surface area contributed by atoms with Gasteiger partial charge in [-0.15, -0.1) is 6.42 Å². The minimum Gasteiger partial charge on any atom is -0.483 e. The van der Waals surface area contributed by atoms with Crippen LogP contribution in [0.1, 0.15) is 5.56 Å². The maximum Gasteiger partial charge on any atom is 0.294 e. The molecule has 0 radical (unpaired) electrons. The largest absolute Gasteiger partial charge is 0.483 e. The third-order valence-corrected chi connectivity index (χ3v) is 5.39. The van der Waals surface area contributed by atoms with E-state index in [1.165, 1.54) is 24.3 Å². The topological polar surface area (TPSA) is 75.7 Å². The zero-order chi connectivity index (χ0) is 21.7. The summed E-state index contributed by atoms with van der Waals surface area (Å²) in [7, 11) is 0. The van der Waals surface area contributed by atoms with Crippen LogP contribution >= 0.6 is 27.7 Å². The number of hydrogen-bond acceptors (Lipinski definition) is 5. The Bertz CT molecular complexity index is 1080. The number of carbonyl (C=O) groups excluding carboxylic acids is 3. The van der Waals surface area contributed by atoms with Crippen molar-refractivity contribution in [2.45, 2.75) is 0 Å². The van der Waals surface area contributed by atoms with Crippen molar-refractivity contribution in [3.63, 3.8) is 0 Å². The van der Waals surface area contributed by atoms with Crippen LogP contribution in [0.15, 0.2) is 51.8 Å². The minimum absolute atomic E-state index is 0.0710. The van der Waals surface area contributed by atoms with Gasteiger partial charge >= 0.3 is 0 Å². The van der Waals surface area contributed by atoms with Crippen LogP contribution < -0.4 is 10.1 Å². The molecule has 152 valence electrons. The van der Waals surface area contributed by atoms with Gasteiger partial charge in [0.2, 0.25) is 0 Å². The fourth-order valence-corrected chi connectivity index (χ4v) is 3.83. The molecule has 3 amide bonds. The summed E-state index contributed by atoms with van der Waals surface area (Å²) in [5.41, 5.74) is 1.12. The van der Waals surface area contributed by atoms with Crippen molar-refractivity contribution in [1.29, 1.82) is 0 Å². The zero-order valence-electron chi connectivity index (χ0n) is 15.4. The molecule has 30 heavy (non-hydrogen) atoms. The zero-order valence-corrected chi connectivity index (χ0v) is 17.8. The van der Waals surface area contributed by atoms with Gasteiger partial charge < -0.3 is 10.1 Å². The number of nitrogens with one attached hydrogen (secondary N) is 1. The Morgan fingerprint density at radius 1 is 1.27 bits per heavy atom. The number of ether oxygens (including phenoxy) is 1. The highest BCUT2D eigenvalue weighted by atomic mass is 79.9. The van der Waals surface area contributed by atoms with Gasteiger partial charge in [-0.3, -0.25) is 19.3 Å². The predicted molar refractivity (Wildman–Crippen MR) is 116 cm³/mol. The van der Waals surface area contributed by atoms with Gasteiger partial charge in [-0.05, 0) is 75.7 Å². The second kappa shape index (κ2) is 9.61. The summed E-state index contributed by atoms with van der Waals surface area (Å²) < 4.78 is 19.0. The van der Waals surface area contributed by atoms with E-state index in [0.29, 0.717) is 21.5 Å². The van der Waals surface area contributed by atoms with Crippen LogP contribution in [0.5, 0.6) is 5.75 Å². The average molecular weight is 489 g/mol. The van der Waals surface area contributed by atoms with E-state index in [0.717, 1.165) is 16.7 Å². The van der Waals surface area contributed by atoms with Gasteiger partial charge in [0, 0.05) is 5.69 Å². The Balaban J connectivity index is 1.62. The molecular formula is C21H14BrFN2O4S. The van der Waals surface area contributed by atoms with E-state index in [-0.39, 0.29) is 18.1 Å². The standard InChI is InChI=1S/C21H14BrFN2O4S/c1-2-9-25-20(27)18(30-21(25)28)11-13-3-8-17(16(22)10-13)29-12-19(26)24-15-6-4-14(23)5-7-15/h1,3-8,10-11H,9,12H2,(H,24,26). The van der Waals surface area contributed by atoms with Crippen molar-refractivity contribution in [2.24, 2.45) is 0 Å². The van der Waals surface area contributed by atoms with Gasteiger partial charge in [0.05, 0.1) is 15.9 Å². The second-order valence-corrected chi connectivity index (χ2v) is 7.85. The first-order valence-corrected chi connectivity index (χ1v) is 10.1. The fraction of sp³-hybridized carbons (Fsp3) is 0.0952. The van der Waals surface area contributed by atoms with Crippen molar-refractivity contribution < 1.29 is 23.5 Å². The van der Waals surface area contributed by atoms with Crippen molar-refractivity contribution in [3.8, 4) is 18.1 Å². The smallest absolute Gasteiger partial charge is 0.294 e. The van der Waals surface area contributed by atoms with Crippen LogP contribution in [0.2, 0.25) is 0 Å². The van der Waals surface area contributed by atoms with E-state index in [1.54, 1.807) is 24.3 Å². The highest BCUT2D eigenvalue weighted by Gasteiger charge is 2.34. The van der Waals surface area contributed by atoms with Gasteiger partial charge in [0.15, 0.2) is 6.61 Å². The van der Waals surface area contributed by atoms with E-state index in [1.807, 2.05) is 0 Å². The van der Waals surface area contributed by atoms with Gasteiger partial charge in [-0.2, -0.15) is 0 Å². The molecule has 1 saturated heterocycles. The number of carbonyl (C=O) groups is 3. The number of terminal acetylenes is 1. The van der Waals surface area contributed by atoms with Crippen LogP contribution in [0.4, 0.5) is 14.9 Å².